The molecule has 1 aliphatic rings. The molecule has 0 spiro atoms. The van der Waals surface area contributed by atoms with E-state index in [1.165, 1.54) is 5.56 Å². The van der Waals surface area contributed by atoms with E-state index in [4.69, 9.17) is 14.0 Å². The number of nitrogens with one attached hydrogen (secondary N) is 1. The molecule has 33 heavy (non-hydrogen) atoms. The Kier molecular flexibility index (Phi) is 7.44. The van der Waals surface area contributed by atoms with Crippen LogP contribution >= 0.6 is 0 Å². The lowest BCUT2D eigenvalue weighted by molar-refractivity contribution is -0.125. The molecule has 1 fully saturated rings. The molecule has 0 saturated carbocycles. The molecule has 1 unspecified atom stereocenters. The van der Waals surface area contributed by atoms with Crippen molar-refractivity contribution in [3.63, 3.8) is 0 Å². The number of methoxy groups -OCH3 is 1. The minimum absolute atomic E-state index is 0.0699. The molecule has 1 aromatic heterocycles. The van der Waals surface area contributed by atoms with Crippen molar-refractivity contribution in [2.24, 2.45) is 5.92 Å². The van der Waals surface area contributed by atoms with Crippen molar-refractivity contribution in [2.45, 2.75) is 26.2 Å². The predicted octanol–water partition coefficient (Wildman–Crippen LogP) is 3.72. The van der Waals surface area contributed by atoms with Crippen LogP contribution in [0, 0.1) is 5.92 Å². The number of nitrogens with zero attached hydrogens (tertiary/aromatic N) is 3. The third-order valence-corrected chi connectivity index (χ3v) is 5.77. The second-order valence-corrected chi connectivity index (χ2v) is 8.03. The molecule has 2 aromatic carbocycles. The van der Waals surface area contributed by atoms with Gasteiger partial charge in [0, 0.05) is 25.2 Å². The van der Waals surface area contributed by atoms with Crippen LogP contribution < -0.4 is 19.7 Å². The Morgan fingerprint density at radius 2 is 1.91 bits per heavy atom. The third-order valence-electron chi connectivity index (χ3n) is 5.77. The average Bonchev–Trinajstić information content (AvgIpc) is 3.36. The zero-order chi connectivity index (χ0) is 23.0. The van der Waals surface area contributed by atoms with E-state index in [2.05, 4.69) is 15.5 Å². The Hall–Kier alpha value is -3.55. The van der Waals surface area contributed by atoms with Gasteiger partial charge in [-0.05, 0) is 68.1 Å². The lowest BCUT2D eigenvalue weighted by atomic mass is 9.97. The number of benzene rings is 2. The molecule has 0 aliphatic carbocycles. The van der Waals surface area contributed by atoms with Crippen LogP contribution in [0.5, 0.6) is 11.5 Å². The fourth-order valence-corrected chi connectivity index (χ4v) is 3.96. The summed E-state index contributed by atoms with van der Waals surface area (Å²) in [7, 11) is 1.63. The quantitative estimate of drug-likeness (QED) is 0.531. The van der Waals surface area contributed by atoms with Crippen LogP contribution in [0.15, 0.2) is 53.1 Å². The smallest absolute Gasteiger partial charge is 0.324 e. The van der Waals surface area contributed by atoms with E-state index in [0.29, 0.717) is 31.5 Å². The molecule has 4 rings (SSSR count). The summed E-state index contributed by atoms with van der Waals surface area (Å²) in [4.78, 5) is 19.3. The Morgan fingerprint density at radius 3 is 2.64 bits per heavy atom. The highest BCUT2D eigenvalue weighted by Crippen LogP contribution is 2.26. The first kappa shape index (κ1) is 22.6. The fourth-order valence-electron chi connectivity index (χ4n) is 3.96. The SMILES string of the molecule is CCOc1ccc(CCNC(=O)C2CCCN(c3nc(-c4ccc(OC)cc4)no3)C2)cc1. The van der Waals surface area contributed by atoms with Crippen LogP contribution in [-0.2, 0) is 11.2 Å². The van der Waals surface area contributed by atoms with Gasteiger partial charge >= 0.3 is 6.01 Å². The van der Waals surface area contributed by atoms with Gasteiger partial charge in [-0.25, -0.2) is 0 Å². The number of hydrogen-bond acceptors (Lipinski definition) is 7. The average molecular weight is 451 g/mol. The number of piperidine rings is 1. The van der Waals surface area contributed by atoms with Crippen molar-refractivity contribution in [3.05, 3.63) is 54.1 Å². The van der Waals surface area contributed by atoms with Gasteiger partial charge in [0.05, 0.1) is 19.6 Å². The van der Waals surface area contributed by atoms with Crippen LogP contribution in [0.4, 0.5) is 6.01 Å². The van der Waals surface area contributed by atoms with Crippen molar-refractivity contribution in [2.75, 3.05) is 38.3 Å². The first-order valence-electron chi connectivity index (χ1n) is 11.4. The van der Waals surface area contributed by atoms with Crippen LogP contribution in [0.1, 0.15) is 25.3 Å². The summed E-state index contributed by atoms with van der Waals surface area (Å²) in [5, 5.41) is 7.19. The van der Waals surface area contributed by atoms with Gasteiger partial charge in [0.15, 0.2) is 0 Å². The molecule has 1 aliphatic heterocycles. The summed E-state index contributed by atoms with van der Waals surface area (Å²) in [5.74, 6) is 2.13. The number of ether oxygens (including phenoxy) is 2. The molecule has 0 bridgehead atoms. The normalized spacial score (nSPS) is 15.8. The summed E-state index contributed by atoms with van der Waals surface area (Å²) in [6.45, 7) is 4.58. The summed E-state index contributed by atoms with van der Waals surface area (Å²) >= 11 is 0. The largest absolute Gasteiger partial charge is 0.497 e. The van der Waals surface area contributed by atoms with E-state index in [-0.39, 0.29) is 11.8 Å². The van der Waals surface area contributed by atoms with Crippen molar-refractivity contribution >= 4 is 11.9 Å². The highest BCUT2D eigenvalue weighted by molar-refractivity contribution is 5.79. The zero-order valence-electron chi connectivity index (χ0n) is 19.1. The van der Waals surface area contributed by atoms with Gasteiger partial charge < -0.3 is 24.2 Å². The second kappa shape index (κ2) is 10.8. The number of aromatic nitrogens is 2. The Balaban J connectivity index is 1.29. The molecular formula is C25H30N4O4. The summed E-state index contributed by atoms with van der Waals surface area (Å²) in [6, 6.07) is 16.0. The standard InChI is InChI=1S/C25H30N4O4/c1-3-32-22-10-6-18(7-11-22)14-15-26-24(30)20-5-4-16-29(17-20)25-27-23(28-33-25)19-8-12-21(31-2)13-9-19/h6-13,20H,3-5,14-17H2,1-2H3,(H,26,30). The third kappa shape index (κ3) is 5.83. The lowest BCUT2D eigenvalue weighted by Crippen LogP contribution is -2.43. The van der Waals surface area contributed by atoms with Gasteiger partial charge in [0.25, 0.3) is 0 Å². The van der Waals surface area contributed by atoms with E-state index in [1.54, 1.807) is 7.11 Å². The lowest BCUT2D eigenvalue weighted by Gasteiger charge is -2.30. The van der Waals surface area contributed by atoms with E-state index in [1.807, 2.05) is 60.4 Å². The number of amides is 1. The number of carbonyl (C=O) groups is 1. The molecule has 8 heteroatoms. The van der Waals surface area contributed by atoms with Crippen molar-refractivity contribution in [1.29, 1.82) is 0 Å². The Morgan fingerprint density at radius 1 is 1.15 bits per heavy atom. The topological polar surface area (TPSA) is 89.7 Å². The molecule has 1 N–H and O–H groups in total. The first-order chi connectivity index (χ1) is 16.2. The van der Waals surface area contributed by atoms with Crippen LogP contribution in [0.3, 0.4) is 0 Å². The van der Waals surface area contributed by atoms with Crippen molar-refractivity contribution in [3.8, 4) is 22.9 Å². The molecule has 0 radical (unpaired) electrons. The fraction of sp³-hybridized carbons (Fsp3) is 0.400. The van der Waals surface area contributed by atoms with Crippen LogP contribution in [-0.4, -0.2) is 49.4 Å². The summed E-state index contributed by atoms with van der Waals surface area (Å²) < 4.78 is 16.2. The van der Waals surface area contributed by atoms with Gasteiger partial charge in [-0.1, -0.05) is 17.3 Å². The molecule has 1 atom stereocenters. The number of rotatable bonds is 9. The monoisotopic (exact) mass is 450 g/mol. The number of anilines is 1. The van der Waals surface area contributed by atoms with Gasteiger partial charge in [-0.2, -0.15) is 4.98 Å². The van der Waals surface area contributed by atoms with Gasteiger partial charge in [-0.3, -0.25) is 4.79 Å². The maximum absolute atomic E-state index is 12.8. The number of carbonyl (C=O) groups excluding carboxylic acids is 1. The van der Waals surface area contributed by atoms with E-state index < -0.39 is 0 Å². The Labute approximate surface area is 193 Å². The molecule has 1 amide bonds. The van der Waals surface area contributed by atoms with Gasteiger partial charge in [0.1, 0.15) is 11.5 Å². The Bertz CT molecular complexity index is 1030. The van der Waals surface area contributed by atoms with Gasteiger partial charge in [0.2, 0.25) is 11.7 Å². The molecule has 8 nitrogen and oxygen atoms in total. The van der Waals surface area contributed by atoms with Crippen LogP contribution in [0.25, 0.3) is 11.4 Å². The highest BCUT2D eigenvalue weighted by Gasteiger charge is 2.28. The highest BCUT2D eigenvalue weighted by atomic mass is 16.5. The minimum Gasteiger partial charge on any atom is -0.497 e. The predicted molar refractivity (Wildman–Crippen MR) is 126 cm³/mol. The molecule has 3 aromatic rings. The zero-order valence-corrected chi connectivity index (χ0v) is 19.1. The maximum Gasteiger partial charge on any atom is 0.324 e. The summed E-state index contributed by atoms with van der Waals surface area (Å²) in [6.07, 6.45) is 2.53. The molecule has 2 heterocycles. The van der Waals surface area contributed by atoms with Gasteiger partial charge in [-0.15, -0.1) is 0 Å². The molecule has 174 valence electrons. The first-order valence-corrected chi connectivity index (χ1v) is 11.4. The van der Waals surface area contributed by atoms with E-state index >= 15 is 0 Å². The second-order valence-electron chi connectivity index (χ2n) is 8.03. The van der Waals surface area contributed by atoms with E-state index in [0.717, 1.165) is 42.9 Å². The molecule has 1 saturated heterocycles. The number of hydrogen-bond donors (Lipinski definition) is 1. The van der Waals surface area contributed by atoms with Crippen LogP contribution in [0.2, 0.25) is 0 Å². The molecular weight excluding hydrogens is 420 g/mol. The summed E-state index contributed by atoms with van der Waals surface area (Å²) in [5.41, 5.74) is 2.02. The maximum atomic E-state index is 12.8. The van der Waals surface area contributed by atoms with Crippen molar-refractivity contribution < 1.29 is 18.8 Å². The van der Waals surface area contributed by atoms with Crippen molar-refractivity contribution in [1.82, 2.24) is 15.5 Å². The minimum atomic E-state index is -0.101. The van der Waals surface area contributed by atoms with E-state index in [9.17, 15) is 4.79 Å².